The van der Waals surface area contributed by atoms with Crippen LogP contribution in [0.5, 0.6) is 0 Å². The summed E-state index contributed by atoms with van der Waals surface area (Å²) in [5.74, 6) is -0.853. The highest BCUT2D eigenvalue weighted by Gasteiger charge is 2.36. The minimum absolute atomic E-state index is 0.303. The Hall–Kier alpha value is -5.12. The van der Waals surface area contributed by atoms with Crippen molar-refractivity contribution in [3.63, 3.8) is 0 Å². The molecule has 0 unspecified atom stereocenters. The molecule has 5 heterocycles. The van der Waals surface area contributed by atoms with Crippen molar-refractivity contribution in [1.29, 1.82) is 0 Å². The Bertz CT molecular complexity index is 2120. The molecule has 3 aromatic carbocycles. The summed E-state index contributed by atoms with van der Waals surface area (Å²) in [5, 5.41) is 10.3. The van der Waals surface area contributed by atoms with Crippen LogP contribution in [0, 0.1) is 0 Å². The number of morpholine rings is 1. The fraction of sp³-hybridized carbons (Fsp3) is 0.200. The normalized spacial score (nSPS) is 16.1. The van der Waals surface area contributed by atoms with E-state index in [0.29, 0.717) is 28.9 Å². The number of pyridine rings is 1. The Balaban J connectivity index is 1.25. The predicted molar refractivity (Wildman–Crippen MR) is 170 cm³/mol. The average Bonchev–Trinajstić information content (AvgIpc) is 3.71. The third kappa shape index (κ3) is 4.49. The van der Waals surface area contributed by atoms with E-state index in [1.54, 1.807) is 0 Å². The van der Waals surface area contributed by atoms with Gasteiger partial charge in [0.15, 0.2) is 0 Å². The SMILES string of the molecule is O=C1NC(=O)C(c2nn(CCCN3CCOCC3)c3ccccc23)=C1c1cn(-c2cnc3ccccc3c2)c2ccccc12. The van der Waals surface area contributed by atoms with Crippen molar-refractivity contribution in [3.05, 3.63) is 103 Å². The second kappa shape index (κ2) is 10.9. The van der Waals surface area contributed by atoms with E-state index in [9.17, 15) is 9.59 Å². The topological polar surface area (TPSA) is 94.3 Å². The van der Waals surface area contributed by atoms with E-state index in [0.717, 1.165) is 77.7 Å². The monoisotopic (exact) mass is 582 g/mol. The summed E-state index contributed by atoms with van der Waals surface area (Å²) in [6, 6.07) is 25.9. The number of nitrogens with zero attached hydrogens (tertiary/aromatic N) is 5. The van der Waals surface area contributed by atoms with Crippen molar-refractivity contribution in [1.82, 2.24) is 29.5 Å². The quantitative estimate of drug-likeness (QED) is 0.272. The number of ether oxygens (including phenoxy) is 1. The molecule has 9 heteroatoms. The molecule has 1 fully saturated rings. The first-order valence-electron chi connectivity index (χ1n) is 15.0. The number of para-hydroxylation sites is 3. The van der Waals surface area contributed by atoms with E-state index >= 15 is 0 Å². The molecule has 9 nitrogen and oxygen atoms in total. The number of benzene rings is 3. The fourth-order valence-electron chi connectivity index (χ4n) is 6.47. The Morgan fingerprint density at radius 1 is 0.795 bits per heavy atom. The second-order valence-corrected chi connectivity index (χ2v) is 11.2. The summed E-state index contributed by atoms with van der Waals surface area (Å²) >= 11 is 0. The molecule has 1 saturated heterocycles. The van der Waals surface area contributed by atoms with Crippen molar-refractivity contribution in [2.75, 3.05) is 32.8 Å². The predicted octanol–water partition coefficient (Wildman–Crippen LogP) is 4.82. The second-order valence-electron chi connectivity index (χ2n) is 11.2. The molecule has 0 aliphatic carbocycles. The van der Waals surface area contributed by atoms with Crippen LogP contribution >= 0.6 is 0 Å². The highest BCUT2D eigenvalue weighted by atomic mass is 16.5. The number of aryl methyl sites for hydroxylation is 1. The molecule has 44 heavy (non-hydrogen) atoms. The maximum Gasteiger partial charge on any atom is 0.261 e. The van der Waals surface area contributed by atoms with Crippen molar-refractivity contribution >= 4 is 55.7 Å². The maximum absolute atomic E-state index is 13.6. The van der Waals surface area contributed by atoms with Gasteiger partial charge in [0.1, 0.15) is 5.69 Å². The Morgan fingerprint density at radius 2 is 1.52 bits per heavy atom. The number of imide groups is 1. The number of amides is 2. The molecule has 0 saturated carbocycles. The number of nitrogens with one attached hydrogen (secondary N) is 1. The zero-order valence-corrected chi connectivity index (χ0v) is 24.1. The summed E-state index contributed by atoms with van der Waals surface area (Å²) in [4.78, 5) is 34.2. The van der Waals surface area contributed by atoms with Gasteiger partial charge in [-0.05, 0) is 30.7 Å². The van der Waals surface area contributed by atoms with Crippen LogP contribution < -0.4 is 5.32 Å². The summed E-state index contributed by atoms with van der Waals surface area (Å²) in [7, 11) is 0. The van der Waals surface area contributed by atoms with Gasteiger partial charge in [0.05, 0.1) is 52.8 Å². The molecule has 2 aliphatic heterocycles. The van der Waals surface area contributed by atoms with E-state index in [-0.39, 0.29) is 0 Å². The zero-order valence-electron chi connectivity index (χ0n) is 24.1. The lowest BCUT2D eigenvalue weighted by molar-refractivity contribution is -0.122. The minimum Gasteiger partial charge on any atom is -0.379 e. The van der Waals surface area contributed by atoms with Crippen LogP contribution in [-0.2, 0) is 20.9 Å². The van der Waals surface area contributed by atoms with Gasteiger partial charge in [-0.15, -0.1) is 0 Å². The molecule has 6 aromatic rings. The summed E-state index contributed by atoms with van der Waals surface area (Å²) < 4.78 is 9.49. The number of rotatable bonds is 7. The maximum atomic E-state index is 13.6. The average molecular weight is 583 g/mol. The van der Waals surface area contributed by atoms with Gasteiger partial charge < -0.3 is 9.30 Å². The number of carbonyl (C=O) groups is 2. The third-order valence-electron chi connectivity index (χ3n) is 8.61. The van der Waals surface area contributed by atoms with E-state index in [1.807, 2.05) is 94.4 Å². The molecule has 0 bridgehead atoms. The van der Waals surface area contributed by atoms with Crippen LogP contribution in [-0.4, -0.2) is 68.9 Å². The summed E-state index contributed by atoms with van der Waals surface area (Å²) in [6.07, 6.45) is 4.68. The number of aromatic nitrogens is 4. The van der Waals surface area contributed by atoms with Gasteiger partial charge in [0.25, 0.3) is 11.8 Å². The van der Waals surface area contributed by atoms with Crippen molar-refractivity contribution in [2.45, 2.75) is 13.0 Å². The molecule has 0 spiro atoms. The van der Waals surface area contributed by atoms with E-state index < -0.39 is 11.8 Å². The van der Waals surface area contributed by atoms with E-state index in [2.05, 4.69) is 21.3 Å². The molecule has 0 atom stereocenters. The van der Waals surface area contributed by atoms with Gasteiger partial charge in [-0.1, -0.05) is 54.6 Å². The van der Waals surface area contributed by atoms with Gasteiger partial charge in [-0.25, -0.2) is 0 Å². The standard InChI is InChI=1S/C35H30N6O3/c42-34-31(27-22-40(29-12-5-2-9-25(27)29)24-20-23-8-1-4-11-28(23)36-21-24)32(35(43)37-34)33-26-10-3-6-13-30(26)41(38-33)15-7-14-39-16-18-44-19-17-39/h1-6,8-13,20-22H,7,14-19H2,(H,37,42,43). The lowest BCUT2D eigenvalue weighted by Crippen LogP contribution is -2.37. The number of carbonyl (C=O) groups excluding carboxylic acids is 2. The first-order valence-corrected chi connectivity index (χ1v) is 15.0. The van der Waals surface area contributed by atoms with E-state index in [1.165, 1.54) is 0 Å². The Labute approximate surface area is 253 Å². The first-order chi connectivity index (χ1) is 21.7. The first kappa shape index (κ1) is 26.5. The van der Waals surface area contributed by atoms with Crippen LogP contribution in [0.25, 0.3) is 49.5 Å². The van der Waals surface area contributed by atoms with Crippen molar-refractivity contribution in [2.24, 2.45) is 0 Å². The van der Waals surface area contributed by atoms with Crippen molar-refractivity contribution in [3.8, 4) is 5.69 Å². The molecule has 2 aliphatic rings. The molecular weight excluding hydrogens is 552 g/mol. The lowest BCUT2D eigenvalue weighted by atomic mass is 9.97. The number of fused-ring (bicyclic) bond motifs is 3. The third-order valence-corrected chi connectivity index (χ3v) is 8.61. The highest BCUT2D eigenvalue weighted by Crippen LogP contribution is 2.38. The molecule has 218 valence electrons. The van der Waals surface area contributed by atoms with Gasteiger partial charge in [-0.2, -0.15) is 5.10 Å². The van der Waals surface area contributed by atoms with Crippen LogP contribution in [0.3, 0.4) is 0 Å². The Kier molecular flexibility index (Phi) is 6.54. The minimum atomic E-state index is -0.432. The zero-order chi connectivity index (χ0) is 29.6. The fourth-order valence-corrected chi connectivity index (χ4v) is 6.47. The van der Waals surface area contributed by atoms with Crippen LogP contribution in [0.4, 0.5) is 0 Å². The molecular formula is C35H30N6O3. The van der Waals surface area contributed by atoms with Crippen LogP contribution in [0.2, 0.25) is 0 Å². The summed E-state index contributed by atoms with van der Waals surface area (Å²) in [6.45, 7) is 5.05. The van der Waals surface area contributed by atoms with Gasteiger partial charge in [-0.3, -0.25) is 29.5 Å². The van der Waals surface area contributed by atoms with Crippen LogP contribution in [0.1, 0.15) is 17.7 Å². The Morgan fingerprint density at radius 3 is 2.39 bits per heavy atom. The van der Waals surface area contributed by atoms with Crippen molar-refractivity contribution < 1.29 is 14.3 Å². The molecule has 8 rings (SSSR count). The lowest BCUT2D eigenvalue weighted by Gasteiger charge is -2.26. The molecule has 0 radical (unpaired) electrons. The molecule has 3 aromatic heterocycles. The summed E-state index contributed by atoms with van der Waals surface area (Å²) in [5.41, 5.74) is 5.47. The largest absolute Gasteiger partial charge is 0.379 e. The van der Waals surface area contributed by atoms with Crippen LogP contribution in [0.15, 0.2) is 91.3 Å². The van der Waals surface area contributed by atoms with Gasteiger partial charge in [0, 0.05) is 54.1 Å². The molecule has 1 N–H and O–H groups in total. The highest BCUT2D eigenvalue weighted by molar-refractivity contribution is 6.50. The van der Waals surface area contributed by atoms with Gasteiger partial charge in [0.2, 0.25) is 0 Å². The smallest absolute Gasteiger partial charge is 0.261 e. The van der Waals surface area contributed by atoms with Gasteiger partial charge >= 0.3 is 0 Å². The number of hydrogen-bond donors (Lipinski definition) is 1. The number of hydrogen-bond acceptors (Lipinski definition) is 6. The molecule has 2 amide bonds. The van der Waals surface area contributed by atoms with E-state index in [4.69, 9.17) is 9.84 Å².